The van der Waals surface area contributed by atoms with Crippen molar-refractivity contribution in [3.8, 4) is 0 Å². The molecule has 0 aliphatic carbocycles. The van der Waals surface area contributed by atoms with Crippen LogP contribution in [0.15, 0.2) is 48.8 Å². The first-order chi connectivity index (χ1) is 12.3. The number of carbonyl (C=O) groups is 1. The molecule has 126 valence electrons. The highest BCUT2D eigenvalue weighted by Gasteiger charge is 2.16. The molecule has 6 nitrogen and oxygen atoms in total. The van der Waals surface area contributed by atoms with Gasteiger partial charge in [0.05, 0.1) is 12.2 Å². The molecule has 0 bridgehead atoms. The monoisotopic (exact) mass is 333 g/mol. The Morgan fingerprint density at radius 1 is 1.04 bits per heavy atom. The molecule has 3 aromatic rings. The minimum absolute atomic E-state index is 0.196. The number of hydrogen-bond donors (Lipinski definition) is 1. The maximum Gasteiger partial charge on any atom is 0.270 e. The van der Waals surface area contributed by atoms with E-state index in [1.165, 1.54) is 12.8 Å². The molecule has 4 rings (SSSR count). The number of rotatable bonds is 4. The van der Waals surface area contributed by atoms with E-state index in [-0.39, 0.29) is 5.91 Å². The van der Waals surface area contributed by atoms with E-state index in [0.29, 0.717) is 12.2 Å². The maximum absolute atomic E-state index is 12.5. The van der Waals surface area contributed by atoms with Crippen LogP contribution in [0.4, 0.5) is 5.95 Å². The molecule has 2 aromatic heterocycles. The molecule has 0 atom stereocenters. The summed E-state index contributed by atoms with van der Waals surface area (Å²) < 4.78 is 0. The van der Waals surface area contributed by atoms with Crippen LogP contribution in [0.2, 0.25) is 0 Å². The Kier molecular flexibility index (Phi) is 4.24. The fraction of sp³-hybridized carbons (Fsp3) is 0.263. The van der Waals surface area contributed by atoms with E-state index in [9.17, 15) is 4.79 Å². The molecular formula is C19H19N5O. The van der Waals surface area contributed by atoms with E-state index in [0.717, 1.165) is 35.5 Å². The Hall–Kier alpha value is -3.02. The van der Waals surface area contributed by atoms with Crippen LogP contribution in [-0.4, -0.2) is 33.9 Å². The molecule has 0 saturated carbocycles. The van der Waals surface area contributed by atoms with Crippen molar-refractivity contribution in [2.45, 2.75) is 19.4 Å². The summed E-state index contributed by atoms with van der Waals surface area (Å²) in [4.78, 5) is 27.9. The van der Waals surface area contributed by atoms with Crippen molar-refractivity contribution in [1.82, 2.24) is 20.3 Å². The van der Waals surface area contributed by atoms with Gasteiger partial charge in [-0.05, 0) is 30.4 Å². The maximum atomic E-state index is 12.5. The van der Waals surface area contributed by atoms with Crippen LogP contribution in [0.3, 0.4) is 0 Å². The Balaban J connectivity index is 1.49. The Morgan fingerprint density at radius 2 is 1.84 bits per heavy atom. The molecule has 1 aromatic carbocycles. The highest BCUT2D eigenvalue weighted by molar-refractivity contribution is 6.05. The van der Waals surface area contributed by atoms with Crippen molar-refractivity contribution in [1.29, 1.82) is 0 Å². The van der Waals surface area contributed by atoms with E-state index in [1.54, 1.807) is 12.4 Å². The minimum Gasteiger partial charge on any atom is -0.345 e. The SMILES string of the molecule is O=C(NCc1ccnc(N2CCCC2)n1)c1nccc2ccccc12. The number of pyridine rings is 1. The zero-order chi connectivity index (χ0) is 17.1. The molecule has 25 heavy (non-hydrogen) atoms. The molecule has 1 aliphatic rings. The largest absolute Gasteiger partial charge is 0.345 e. The third-order valence-electron chi connectivity index (χ3n) is 4.41. The summed E-state index contributed by atoms with van der Waals surface area (Å²) in [5, 5.41) is 4.77. The first kappa shape index (κ1) is 15.5. The number of anilines is 1. The molecule has 0 unspecified atom stereocenters. The van der Waals surface area contributed by atoms with E-state index in [2.05, 4.69) is 25.2 Å². The smallest absolute Gasteiger partial charge is 0.270 e. The predicted octanol–water partition coefficient (Wildman–Crippen LogP) is 2.56. The van der Waals surface area contributed by atoms with Crippen LogP contribution in [0.1, 0.15) is 29.0 Å². The molecule has 1 amide bonds. The van der Waals surface area contributed by atoms with Gasteiger partial charge >= 0.3 is 0 Å². The fourth-order valence-corrected chi connectivity index (χ4v) is 3.11. The number of aromatic nitrogens is 3. The number of amides is 1. The average Bonchev–Trinajstić information content (AvgIpc) is 3.21. The molecule has 0 spiro atoms. The van der Waals surface area contributed by atoms with Gasteiger partial charge in [-0.2, -0.15) is 0 Å². The van der Waals surface area contributed by atoms with Crippen LogP contribution in [0, 0.1) is 0 Å². The van der Waals surface area contributed by atoms with Crippen molar-refractivity contribution < 1.29 is 4.79 Å². The zero-order valence-electron chi connectivity index (χ0n) is 13.9. The average molecular weight is 333 g/mol. The van der Waals surface area contributed by atoms with Gasteiger partial charge in [0, 0.05) is 30.9 Å². The van der Waals surface area contributed by atoms with Crippen molar-refractivity contribution in [2.75, 3.05) is 18.0 Å². The van der Waals surface area contributed by atoms with Gasteiger partial charge in [0.25, 0.3) is 5.91 Å². The topological polar surface area (TPSA) is 71.0 Å². The summed E-state index contributed by atoms with van der Waals surface area (Å²) in [6.45, 7) is 2.35. The van der Waals surface area contributed by atoms with Gasteiger partial charge in [0.15, 0.2) is 0 Å². The van der Waals surface area contributed by atoms with Crippen molar-refractivity contribution in [3.05, 3.63) is 60.2 Å². The first-order valence-electron chi connectivity index (χ1n) is 8.50. The predicted molar refractivity (Wildman–Crippen MR) is 96.4 cm³/mol. The third kappa shape index (κ3) is 3.28. The summed E-state index contributed by atoms with van der Waals surface area (Å²) in [7, 11) is 0. The Morgan fingerprint density at radius 3 is 2.72 bits per heavy atom. The second kappa shape index (κ2) is 6.84. The Labute approximate surface area is 145 Å². The van der Waals surface area contributed by atoms with Gasteiger partial charge in [0.2, 0.25) is 5.95 Å². The summed E-state index contributed by atoms with van der Waals surface area (Å²) in [5.74, 6) is 0.547. The van der Waals surface area contributed by atoms with Crippen LogP contribution in [0.25, 0.3) is 10.8 Å². The fourth-order valence-electron chi connectivity index (χ4n) is 3.11. The second-order valence-corrected chi connectivity index (χ2v) is 6.11. The van der Waals surface area contributed by atoms with Crippen molar-refractivity contribution in [3.63, 3.8) is 0 Å². The second-order valence-electron chi connectivity index (χ2n) is 6.11. The molecule has 6 heteroatoms. The van der Waals surface area contributed by atoms with Crippen molar-refractivity contribution in [2.24, 2.45) is 0 Å². The summed E-state index contributed by atoms with van der Waals surface area (Å²) in [6, 6.07) is 11.5. The molecule has 1 N–H and O–H groups in total. The molecule has 1 saturated heterocycles. The molecular weight excluding hydrogens is 314 g/mol. The lowest BCUT2D eigenvalue weighted by atomic mass is 10.1. The van der Waals surface area contributed by atoms with Gasteiger partial charge in [-0.25, -0.2) is 9.97 Å². The number of nitrogens with zero attached hydrogens (tertiary/aromatic N) is 4. The third-order valence-corrected chi connectivity index (χ3v) is 4.41. The molecule has 1 fully saturated rings. The number of hydrogen-bond acceptors (Lipinski definition) is 5. The number of nitrogens with one attached hydrogen (secondary N) is 1. The molecule has 3 heterocycles. The van der Waals surface area contributed by atoms with E-state index in [4.69, 9.17) is 0 Å². The van der Waals surface area contributed by atoms with Crippen LogP contribution in [-0.2, 0) is 6.54 Å². The highest BCUT2D eigenvalue weighted by Crippen LogP contribution is 2.17. The van der Waals surface area contributed by atoms with Gasteiger partial charge in [-0.15, -0.1) is 0 Å². The Bertz CT molecular complexity index is 900. The highest BCUT2D eigenvalue weighted by atomic mass is 16.1. The minimum atomic E-state index is -0.196. The summed E-state index contributed by atoms with van der Waals surface area (Å²) >= 11 is 0. The van der Waals surface area contributed by atoms with Crippen LogP contribution >= 0.6 is 0 Å². The lowest BCUT2D eigenvalue weighted by molar-refractivity contribution is 0.0947. The van der Waals surface area contributed by atoms with E-state index >= 15 is 0 Å². The van der Waals surface area contributed by atoms with E-state index in [1.807, 2.05) is 36.4 Å². The van der Waals surface area contributed by atoms with E-state index < -0.39 is 0 Å². The zero-order valence-corrected chi connectivity index (χ0v) is 13.9. The summed E-state index contributed by atoms with van der Waals surface area (Å²) in [6.07, 6.45) is 5.76. The quantitative estimate of drug-likeness (QED) is 0.794. The lowest BCUT2D eigenvalue weighted by Gasteiger charge is -2.15. The van der Waals surface area contributed by atoms with Crippen LogP contribution in [0.5, 0.6) is 0 Å². The van der Waals surface area contributed by atoms with Crippen LogP contribution < -0.4 is 10.2 Å². The van der Waals surface area contributed by atoms with Gasteiger partial charge in [0.1, 0.15) is 5.69 Å². The molecule has 1 aliphatic heterocycles. The van der Waals surface area contributed by atoms with Gasteiger partial charge < -0.3 is 10.2 Å². The first-order valence-corrected chi connectivity index (χ1v) is 8.50. The summed E-state index contributed by atoms with van der Waals surface area (Å²) in [5.41, 5.74) is 1.23. The molecule has 0 radical (unpaired) electrons. The van der Waals surface area contributed by atoms with Crippen molar-refractivity contribution >= 4 is 22.6 Å². The number of carbonyl (C=O) groups excluding carboxylic acids is 1. The number of fused-ring (bicyclic) bond motifs is 1. The number of benzene rings is 1. The normalized spacial score (nSPS) is 14.0. The van der Waals surface area contributed by atoms with Gasteiger partial charge in [-0.1, -0.05) is 24.3 Å². The lowest BCUT2D eigenvalue weighted by Crippen LogP contribution is -2.26. The standard InChI is InChI=1S/C19H19N5O/c25-18(17-16-6-2-1-5-14(16)7-9-20-17)22-13-15-8-10-21-19(23-15)24-11-3-4-12-24/h1-2,5-10H,3-4,11-13H2,(H,22,25). The van der Waals surface area contributed by atoms with Gasteiger partial charge in [-0.3, -0.25) is 9.78 Å².